The first kappa shape index (κ1) is 18.1. The molecule has 4 nitrogen and oxygen atoms in total. The topological polar surface area (TPSA) is 51.2 Å². The molecule has 0 bridgehead atoms. The van der Waals surface area contributed by atoms with E-state index in [1.54, 1.807) is 0 Å². The molecule has 0 fully saturated rings. The highest BCUT2D eigenvalue weighted by Crippen LogP contribution is 2.29. The number of carbonyl (C=O) groups is 1. The standard InChI is InChI=1S/C21H22N2O2S/c1-3-25-18-11-9-17(10-12-18)21-23-15(2)19(26-21)20(24)22-14-13-16-7-5-4-6-8-16/h4-12H,3,13-14H2,1-2H3,(H,22,24). The number of hydrogen-bond donors (Lipinski definition) is 1. The van der Waals surface area contributed by atoms with Gasteiger partial charge in [-0.2, -0.15) is 0 Å². The molecule has 0 aliphatic carbocycles. The van der Waals surface area contributed by atoms with Gasteiger partial charge in [0.05, 0.1) is 12.3 Å². The molecule has 26 heavy (non-hydrogen) atoms. The molecule has 3 rings (SSSR count). The molecular formula is C21H22N2O2S. The van der Waals surface area contributed by atoms with Crippen molar-refractivity contribution in [1.29, 1.82) is 0 Å². The largest absolute Gasteiger partial charge is 0.494 e. The van der Waals surface area contributed by atoms with Crippen LogP contribution in [-0.2, 0) is 6.42 Å². The molecule has 0 saturated carbocycles. The summed E-state index contributed by atoms with van der Waals surface area (Å²) in [4.78, 5) is 17.7. The summed E-state index contributed by atoms with van der Waals surface area (Å²) >= 11 is 1.42. The van der Waals surface area contributed by atoms with Crippen molar-refractivity contribution in [2.75, 3.05) is 13.2 Å². The van der Waals surface area contributed by atoms with Crippen molar-refractivity contribution in [3.05, 3.63) is 70.7 Å². The van der Waals surface area contributed by atoms with Gasteiger partial charge in [-0.1, -0.05) is 30.3 Å². The fourth-order valence-electron chi connectivity index (χ4n) is 2.64. The number of rotatable bonds is 7. The van der Waals surface area contributed by atoms with Gasteiger partial charge in [-0.25, -0.2) is 4.98 Å². The third-order valence-electron chi connectivity index (χ3n) is 3.96. The van der Waals surface area contributed by atoms with E-state index in [0.29, 0.717) is 18.0 Å². The maximum atomic E-state index is 12.5. The van der Waals surface area contributed by atoms with Gasteiger partial charge in [0.1, 0.15) is 15.6 Å². The molecular weight excluding hydrogens is 344 g/mol. The van der Waals surface area contributed by atoms with Gasteiger partial charge in [-0.05, 0) is 50.1 Å². The average Bonchev–Trinajstić information content (AvgIpc) is 3.05. The van der Waals surface area contributed by atoms with Crippen molar-refractivity contribution >= 4 is 17.2 Å². The van der Waals surface area contributed by atoms with Crippen LogP contribution in [0.4, 0.5) is 0 Å². The molecule has 1 N–H and O–H groups in total. The molecule has 3 aromatic rings. The van der Waals surface area contributed by atoms with Crippen LogP contribution in [-0.4, -0.2) is 24.0 Å². The quantitative estimate of drug-likeness (QED) is 0.670. The molecule has 0 atom stereocenters. The maximum absolute atomic E-state index is 12.5. The van der Waals surface area contributed by atoms with Gasteiger partial charge in [-0.15, -0.1) is 11.3 Å². The van der Waals surface area contributed by atoms with Crippen molar-refractivity contribution in [1.82, 2.24) is 10.3 Å². The Kier molecular flexibility index (Phi) is 6.02. The molecule has 5 heteroatoms. The van der Waals surface area contributed by atoms with Crippen LogP contribution in [0.15, 0.2) is 54.6 Å². The number of ether oxygens (including phenoxy) is 1. The second-order valence-electron chi connectivity index (χ2n) is 5.88. The first-order chi connectivity index (χ1) is 12.7. The van der Waals surface area contributed by atoms with E-state index in [0.717, 1.165) is 28.4 Å². The summed E-state index contributed by atoms with van der Waals surface area (Å²) in [6, 6.07) is 17.9. The minimum atomic E-state index is -0.0619. The molecule has 0 aliphatic rings. The Morgan fingerprint density at radius 3 is 2.54 bits per heavy atom. The van der Waals surface area contributed by atoms with Crippen LogP contribution in [0.2, 0.25) is 0 Å². The van der Waals surface area contributed by atoms with Crippen LogP contribution in [0, 0.1) is 6.92 Å². The monoisotopic (exact) mass is 366 g/mol. The SMILES string of the molecule is CCOc1ccc(-c2nc(C)c(C(=O)NCCc3ccccc3)s2)cc1. The lowest BCUT2D eigenvalue weighted by molar-refractivity contribution is 0.0957. The molecule has 0 radical (unpaired) electrons. The summed E-state index contributed by atoms with van der Waals surface area (Å²) in [7, 11) is 0. The van der Waals surface area contributed by atoms with Crippen molar-refractivity contribution in [3.8, 4) is 16.3 Å². The van der Waals surface area contributed by atoms with E-state index in [1.165, 1.54) is 16.9 Å². The van der Waals surface area contributed by atoms with E-state index in [9.17, 15) is 4.79 Å². The summed E-state index contributed by atoms with van der Waals surface area (Å²) in [5.41, 5.74) is 2.96. The van der Waals surface area contributed by atoms with Crippen LogP contribution in [0.3, 0.4) is 0 Å². The summed E-state index contributed by atoms with van der Waals surface area (Å²) in [5.74, 6) is 0.775. The number of amides is 1. The second-order valence-corrected chi connectivity index (χ2v) is 6.88. The fourth-order valence-corrected chi connectivity index (χ4v) is 3.62. The molecule has 1 heterocycles. The molecule has 0 spiro atoms. The minimum Gasteiger partial charge on any atom is -0.494 e. The lowest BCUT2D eigenvalue weighted by Gasteiger charge is -2.04. The highest BCUT2D eigenvalue weighted by atomic mass is 32.1. The van der Waals surface area contributed by atoms with Gasteiger partial charge in [-0.3, -0.25) is 4.79 Å². The number of nitrogens with zero attached hydrogens (tertiary/aromatic N) is 1. The Morgan fingerprint density at radius 1 is 1.12 bits per heavy atom. The number of nitrogens with one attached hydrogen (secondary N) is 1. The first-order valence-corrected chi connectivity index (χ1v) is 9.52. The molecule has 134 valence electrons. The third-order valence-corrected chi connectivity index (χ3v) is 5.16. The maximum Gasteiger partial charge on any atom is 0.263 e. The van der Waals surface area contributed by atoms with Crippen LogP contribution in [0.1, 0.15) is 27.9 Å². The van der Waals surface area contributed by atoms with Gasteiger partial charge < -0.3 is 10.1 Å². The Balaban J connectivity index is 1.64. The van der Waals surface area contributed by atoms with Crippen molar-refractivity contribution in [2.24, 2.45) is 0 Å². The van der Waals surface area contributed by atoms with E-state index in [2.05, 4.69) is 22.4 Å². The van der Waals surface area contributed by atoms with Gasteiger partial charge in [0, 0.05) is 12.1 Å². The summed E-state index contributed by atoms with van der Waals surface area (Å²) in [6.07, 6.45) is 0.816. The Hall–Kier alpha value is -2.66. The minimum absolute atomic E-state index is 0.0619. The van der Waals surface area contributed by atoms with Gasteiger partial charge in [0.15, 0.2) is 0 Å². The summed E-state index contributed by atoms with van der Waals surface area (Å²) in [6.45, 7) is 5.09. The van der Waals surface area contributed by atoms with Crippen LogP contribution >= 0.6 is 11.3 Å². The van der Waals surface area contributed by atoms with Crippen molar-refractivity contribution < 1.29 is 9.53 Å². The molecule has 1 aromatic heterocycles. The zero-order chi connectivity index (χ0) is 18.4. The number of hydrogen-bond acceptors (Lipinski definition) is 4. The Labute approximate surface area is 157 Å². The number of aromatic nitrogens is 1. The van der Waals surface area contributed by atoms with Gasteiger partial charge in [0.25, 0.3) is 5.91 Å². The first-order valence-electron chi connectivity index (χ1n) is 8.70. The summed E-state index contributed by atoms with van der Waals surface area (Å²) < 4.78 is 5.46. The number of aryl methyl sites for hydroxylation is 1. The van der Waals surface area contributed by atoms with E-state index in [-0.39, 0.29) is 5.91 Å². The fraction of sp³-hybridized carbons (Fsp3) is 0.238. The van der Waals surface area contributed by atoms with E-state index < -0.39 is 0 Å². The van der Waals surface area contributed by atoms with Gasteiger partial charge >= 0.3 is 0 Å². The smallest absolute Gasteiger partial charge is 0.263 e. The lowest BCUT2D eigenvalue weighted by atomic mass is 10.1. The summed E-state index contributed by atoms with van der Waals surface area (Å²) in [5, 5.41) is 3.84. The highest BCUT2D eigenvalue weighted by molar-refractivity contribution is 7.17. The third kappa shape index (κ3) is 4.49. The molecule has 2 aromatic carbocycles. The Bertz CT molecular complexity index is 857. The average molecular weight is 366 g/mol. The molecule has 0 saturated heterocycles. The van der Waals surface area contributed by atoms with Crippen LogP contribution in [0.5, 0.6) is 5.75 Å². The van der Waals surface area contributed by atoms with Crippen LogP contribution < -0.4 is 10.1 Å². The van der Waals surface area contributed by atoms with Crippen molar-refractivity contribution in [3.63, 3.8) is 0 Å². The van der Waals surface area contributed by atoms with E-state index in [1.807, 2.05) is 56.3 Å². The number of carbonyl (C=O) groups excluding carboxylic acids is 1. The normalized spacial score (nSPS) is 10.5. The second kappa shape index (κ2) is 8.63. The van der Waals surface area contributed by atoms with E-state index >= 15 is 0 Å². The molecule has 0 unspecified atom stereocenters. The highest BCUT2D eigenvalue weighted by Gasteiger charge is 2.16. The van der Waals surface area contributed by atoms with Crippen molar-refractivity contribution in [2.45, 2.75) is 20.3 Å². The molecule has 1 amide bonds. The zero-order valence-electron chi connectivity index (χ0n) is 15.0. The van der Waals surface area contributed by atoms with Gasteiger partial charge in [0.2, 0.25) is 0 Å². The number of thiazole rings is 1. The number of benzene rings is 2. The predicted octanol–water partition coefficient (Wildman–Crippen LogP) is 4.49. The van der Waals surface area contributed by atoms with E-state index in [4.69, 9.17) is 4.74 Å². The predicted molar refractivity (Wildman–Crippen MR) is 106 cm³/mol. The zero-order valence-corrected chi connectivity index (χ0v) is 15.8. The van der Waals surface area contributed by atoms with Crippen LogP contribution in [0.25, 0.3) is 10.6 Å². The lowest BCUT2D eigenvalue weighted by Crippen LogP contribution is -2.25. The Morgan fingerprint density at radius 2 is 1.85 bits per heavy atom. The molecule has 0 aliphatic heterocycles.